The number of likely N-dealkylation sites (N-methyl/N-ethyl adjacent to an activating group) is 1. The van der Waals surface area contributed by atoms with Gasteiger partial charge in [-0.2, -0.15) is 0 Å². The van der Waals surface area contributed by atoms with E-state index in [0.717, 1.165) is 25.1 Å². The molecule has 0 unspecified atom stereocenters. The predicted molar refractivity (Wildman–Crippen MR) is 83.2 cm³/mol. The molecule has 1 aromatic rings. The molecule has 0 aliphatic rings. The average molecular weight is 299 g/mol. The van der Waals surface area contributed by atoms with E-state index in [2.05, 4.69) is 23.5 Å². The molecule has 0 spiro atoms. The van der Waals surface area contributed by atoms with E-state index < -0.39 is 10.0 Å². The maximum atomic E-state index is 12.2. The molecular weight excluding hydrogens is 274 g/mol. The van der Waals surface area contributed by atoms with Gasteiger partial charge in [0.15, 0.2) is 0 Å². The number of nitrogen functional groups attached to an aromatic ring is 1. The van der Waals surface area contributed by atoms with Gasteiger partial charge in [0.25, 0.3) is 0 Å². The molecule has 0 aromatic heterocycles. The van der Waals surface area contributed by atoms with Crippen molar-refractivity contribution in [1.29, 1.82) is 0 Å². The highest BCUT2D eigenvalue weighted by Gasteiger charge is 2.15. The van der Waals surface area contributed by atoms with Crippen LogP contribution in [-0.4, -0.2) is 39.5 Å². The molecule has 20 heavy (non-hydrogen) atoms. The number of anilines is 1. The Morgan fingerprint density at radius 2 is 1.85 bits per heavy atom. The molecular formula is C14H25N3O2S. The van der Waals surface area contributed by atoms with Crippen LogP contribution < -0.4 is 10.5 Å². The van der Waals surface area contributed by atoms with Gasteiger partial charge >= 0.3 is 0 Å². The number of hydrogen-bond acceptors (Lipinski definition) is 4. The summed E-state index contributed by atoms with van der Waals surface area (Å²) >= 11 is 0. The number of nitrogens with one attached hydrogen (secondary N) is 1. The van der Waals surface area contributed by atoms with Gasteiger partial charge in [0.1, 0.15) is 0 Å². The van der Waals surface area contributed by atoms with E-state index in [9.17, 15) is 8.42 Å². The van der Waals surface area contributed by atoms with Gasteiger partial charge in [0.05, 0.1) is 4.90 Å². The van der Waals surface area contributed by atoms with Crippen LogP contribution in [0.15, 0.2) is 23.1 Å². The Balaban J connectivity index is 2.71. The normalized spacial score (nSPS) is 12.0. The van der Waals surface area contributed by atoms with E-state index in [1.165, 1.54) is 6.07 Å². The molecule has 0 saturated heterocycles. The Labute approximate surface area is 122 Å². The Bertz CT molecular complexity index is 525. The van der Waals surface area contributed by atoms with Crippen LogP contribution in [0.25, 0.3) is 0 Å². The van der Waals surface area contributed by atoms with E-state index in [4.69, 9.17) is 5.73 Å². The number of benzene rings is 1. The van der Waals surface area contributed by atoms with Crippen molar-refractivity contribution in [2.75, 3.05) is 31.9 Å². The molecule has 6 heteroatoms. The minimum absolute atomic E-state index is 0.228. The summed E-state index contributed by atoms with van der Waals surface area (Å²) in [4.78, 5) is 2.39. The van der Waals surface area contributed by atoms with Gasteiger partial charge in [-0.1, -0.05) is 26.8 Å². The fourth-order valence-electron chi connectivity index (χ4n) is 2.02. The average Bonchev–Trinajstić information content (AvgIpc) is 2.43. The molecule has 0 atom stereocenters. The molecule has 1 aromatic carbocycles. The minimum atomic E-state index is -3.48. The number of sulfonamides is 1. The maximum absolute atomic E-state index is 12.2. The summed E-state index contributed by atoms with van der Waals surface area (Å²) in [5, 5.41) is 0. The smallest absolute Gasteiger partial charge is 0.240 e. The summed E-state index contributed by atoms with van der Waals surface area (Å²) in [7, 11) is -3.48. The van der Waals surface area contributed by atoms with E-state index >= 15 is 0 Å². The SMILES string of the molecule is CCc1ccc(S(=O)(=O)NCCN(CC)CC)cc1N. The summed E-state index contributed by atoms with van der Waals surface area (Å²) in [6.07, 6.45) is 0.793. The first-order valence-corrected chi connectivity index (χ1v) is 8.53. The zero-order valence-corrected chi connectivity index (χ0v) is 13.3. The highest BCUT2D eigenvalue weighted by molar-refractivity contribution is 7.89. The third-order valence-electron chi connectivity index (χ3n) is 3.42. The number of nitrogens with zero attached hydrogens (tertiary/aromatic N) is 1. The van der Waals surface area contributed by atoms with E-state index in [0.29, 0.717) is 18.8 Å². The molecule has 0 heterocycles. The topological polar surface area (TPSA) is 75.4 Å². The van der Waals surface area contributed by atoms with Crippen molar-refractivity contribution in [3.05, 3.63) is 23.8 Å². The summed E-state index contributed by atoms with van der Waals surface area (Å²) in [6.45, 7) is 9.04. The molecule has 5 nitrogen and oxygen atoms in total. The molecule has 0 bridgehead atoms. The fourth-order valence-corrected chi connectivity index (χ4v) is 3.08. The lowest BCUT2D eigenvalue weighted by Crippen LogP contribution is -2.34. The second kappa shape index (κ2) is 7.61. The molecule has 0 saturated carbocycles. The molecule has 3 N–H and O–H groups in total. The van der Waals surface area contributed by atoms with Crippen LogP contribution in [0, 0.1) is 0 Å². The van der Waals surface area contributed by atoms with Gasteiger partial charge in [0, 0.05) is 18.8 Å². The summed E-state index contributed by atoms with van der Waals surface area (Å²) in [5.74, 6) is 0. The van der Waals surface area contributed by atoms with Crippen LogP contribution in [0.3, 0.4) is 0 Å². The van der Waals surface area contributed by atoms with Crippen molar-refractivity contribution in [3.63, 3.8) is 0 Å². The Morgan fingerprint density at radius 3 is 2.35 bits per heavy atom. The van der Waals surface area contributed by atoms with E-state index in [-0.39, 0.29) is 4.90 Å². The Morgan fingerprint density at radius 1 is 1.20 bits per heavy atom. The monoisotopic (exact) mass is 299 g/mol. The van der Waals surface area contributed by atoms with Crippen LogP contribution in [0.5, 0.6) is 0 Å². The van der Waals surface area contributed by atoms with Crippen LogP contribution in [-0.2, 0) is 16.4 Å². The highest BCUT2D eigenvalue weighted by Crippen LogP contribution is 2.18. The first-order chi connectivity index (χ1) is 9.44. The number of aryl methyl sites for hydroxylation is 1. The molecule has 0 fully saturated rings. The first kappa shape index (κ1) is 16.9. The van der Waals surface area contributed by atoms with Crippen molar-refractivity contribution in [2.45, 2.75) is 32.1 Å². The molecule has 0 aliphatic heterocycles. The molecule has 0 radical (unpaired) electrons. The van der Waals surface area contributed by atoms with Gasteiger partial charge in [-0.3, -0.25) is 0 Å². The van der Waals surface area contributed by atoms with Crippen LogP contribution in [0.4, 0.5) is 5.69 Å². The Kier molecular flexibility index (Phi) is 6.45. The number of nitrogens with two attached hydrogens (primary N) is 1. The minimum Gasteiger partial charge on any atom is -0.398 e. The lowest BCUT2D eigenvalue weighted by atomic mass is 10.1. The second-order valence-electron chi connectivity index (χ2n) is 4.64. The lowest BCUT2D eigenvalue weighted by molar-refractivity contribution is 0.309. The third kappa shape index (κ3) is 4.47. The van der Waals surface area contributed by atoms with Crippen LogP contribution in [0.1, 0.15) is 26.3 Å². The zero-order valence-electron chi connectivity index (χ0n) is 12.5. The quantitative estimate of drug-likeness (QED) is 0.712. The van der Waals surface area contributed by atoms with Crippen LogP contribution in [0.2, 0.25) is 0 Å². The highest BCUT2D eigenvalue weighted by atomic mass is 32.2. The maximum Gasteiger partial charge on any atom is 0.240 e. The van der Waals surface area contributed by atoms with Crippen molar-refractivity contribution >= 4 is 15.7 Å². The van der Waals surface area contributed by atoms with Gasteiger partial charge in [-0.15, -0.1) is 0 Å². The summed E-state index contributed by atoms with van der Waals surface area (Å²) in [6, 6.07) is 4.90. The summed E-state index contributed by atoms with van der Waals surface area (Å²) in [5.41, 5.74) is 7.34. The molecule has 1 rings (SSSR count). The number of hydrogen-bond donors (Lipinski definition) is 2. The second-order valence-corrected chi connectivity index (χ2v) is 6.41. The lowest BCUT2D eigenvalue weighted by Gasteiger charge is -2.18. The van der Waals surface area contributed by atoms with E-state index in [1.54, 1.807) is 12.1 Å². The summed E-state index contributed by atoms with van der Waals surface area (Å²) < 4.78 is 26.9. The first-order valence-electron chi connectivity index (χ1n) is 7.05. The van der Waals surface area contributed by atoms with Crippen LogP contribution >= 0.6 is 0 Å². The van der Waals surface area contributed by atoms with Crippen molar-refractivity contribution in [2.24, 2.45) is 0 Å². The molecule has 0 aliphatic carbocycles. The van der Waals surface area contributed by atoms with Gasteiger partial charge in [-0.05, 0) is 37.2 Å². The van der Waals surface area contributed by atoms with Gasteiger partial charge in [-0.25, -0.2) is 13.1 Å². The van der Waals surface area contributed by atoms with Crippen molar-refractivity contribution < 1.29 is 8.42 Å². The van der Waals surface area contributed by atoms with Gasteiger partial charge < -0.3 is 10.6 Å². The standard InChI is InChI=1S/C14H25N3O2S/c1-4-12-7-8-13(11-14(12)15)20(18,19)16-9-10-17(5-2)6-3/h7-8,11,16H,4-6,9-10,15H2,1-3H3. The molecule has 114 valence electrons. The van der Waals surface area contributed by atoms with E-state index in [1.807, 2.05) is 6.92 Å². The molecule has 0 amide bonds. The number of rotatable bonds is 8. The van der Waals surface area contributed by atoms with Crippen molar-refractivity contribution in [3.8, 4) is 0 Å². The Hall–Kier alpha value is -1.11. The van der Waals surface area contributed by atoms with Gasteiger partial charge in [0.2, 0.25) is 10.0 Å². The largest absolute Gasteiger partial charge is 0.398 e. The predicted octanol–water partition coefficient (Wildman–Crippen LogP) is 1.45. The van der Waals surface area contributed by atoms with Crippen molar-refractivity contribution in [1.82, 2.24) is 9.62 Å². The third-order valence-corrected chi connectivity index (χ3v) is 4.88. The fraction of sp³-hybridized carbons (Fsp3) is 0.571. The zero-order chi connectivity index (χ0) is 15.2.